The average molecular weight is 298 g/mol. The van der Waals surface area contributed by atoms with Crippen molar-refractivity contribution >= 4 is 29.3 Å². The van der Waals surface area contributed by atoms with Crippen LogP contribution in [0.1, 0.15) is 19.9 Å². The van der Waals surface area contributed by atoms with Gasteiger partial charge in [0.05, 0.1) is 0 Å². The molecule has 0 spiro atoms. The Morgan fingerprint density at radius 3 is 2.79 bits per heavy atom. The maximum atomic E-state index is 11.6. The van der Waals surface area contributed by atoms with E-state index in [1.54, 1.807) is 10.6 Å². The molecule has 0 radical (unpaired) electrons. The quantitative estimate of drug-likeness (QED) is 0.499. The molecule has 2 heterocycles. The first kappa shape index (κ1) is 13.9. The maximum Gasteiger partial charge on any atom is 0.344 e. The van der Waals surface area contributed by atoms with Gasteiger partial charge in [-0.05, 0) is 31.9 Å². The van der Waals surface area contributed by atoms with E-state index in [2.05, 4.69) is 20.2 Å². The van der Waals surface area contributed by atoms with Crippen molar-refractivity contribution in [3.63, 3.8) is 0 Å². The first-order valence-electron chi connectivity index (χ1n) is 5.54. The molecule has 0 saturated heterocycles. The molecule has 0 aliphatic rings. The summed E-state index contributed by atoms with van der Waals surface area (Å²) in [5, 5.41) is 8.26. The Labute approximate surface area is 118 Å². The number of nitrogen functional groups attached to an aromatic ring is 1. The van der Waals surface area contributed by atoms with E-state index in [0.717, 1.165) is 0 Å². The fourth-order valence-corrected chi connectivity index (χ4v) is 2.90. The first-order valence-corrected chi connectivity index (χ1v) is 7.58. The van der Waals surface area contributed by atoms with Crippen LogP contribution in [0.3, 0.4) is 0 Å². The number of nitrogens with zero attached hydrogens (tertiary/aromatic N) is 4. The van der Waals surface area contributed by atoms with Gasteiger partial charge < -0.3 is 5.73 Å². The molecule has 0 fully saturated rings. The number of aromatic nitrogens is 5. The number of nitrogens with one attached hydrogen (secondary N) is 1. The molecule has 0 bridgehead atoms. The summed E-state index contributed by atoms with van der Waals surface area (Å²) in [6.45, 7) is 3.84. The molecule has 0 atom stereocenters. The van der Waals surface area contributed by atoms with Gasteiger partial charge in [-0.25, -0.2) is 19.9 Å². The van der Waals surface area contributed by atoms with Crippen LogP contribution in [0.5, 0.6) is 0 Å². The van der Waals surface area contributed by atoms with Crippen LogP contribution in [0.2, 0.25) is 0 Å². The van der Waals surface area contributed by atoms with Gasteiger partial charge in [0.2, 0.25) is 0 Å². The minimum Gasteiger partial charge on any atom is -0.384 e. The molecule has 2 rings (SSSR count). The maximum absolute atomic E-state index is 11.6. The molecule has 0 saturated carbocycles. The molecular formula is C10H14N6OS2. The molecule has 3 N–H and O–H groups in total. The zero-order valence-electron chi connectivity index (χ0n) is 10.7. The third-order valence-electron chi connectivity index (χ3n) is 2.27. The summed E-state index contributed by atoms with van der Waals surface area (Å²) < 4.78 is 1.57. The van der Waals surface area contributed by atoms with Gasteiger partial charge in [-0.1, -0.05) is 11.8 Å². The summed E-state index contributed by atoms with van der Waals surface area (Å²) in [6, 6.07) is 1.68. The summed E-state index contributed by atoms with van der Waals surface area (Å²) in [5.41, 5.74) is 5.49. The highest BCUT2D eigenvalue weighted by molar-refractivity contribution is 7.99. The molecule has 0 aromatic carbocycles. The van der Waals surface area contributed by atoms with E-state index >= 15 is 0 Å². The molecule has 0 aliphatic heterocycles. The largest absolute Gasteiger partial charge is 0.384 e. The van der Waals surface area contributed by atoms with Gasteiger partial charge in [-0.15, -0.1) is 5.10 Å². The van der Waals surface area contributed by atoms with Crippen molar-refractivity contribution in [3.8, 4) is 0 Å². The lowest BCUT2D eigenvalue weighted by atomic mass is 10.4. The monoisotopic (exact) mass is 298 g/mol. The van der Waals surface area contributed by atoms with Crippen molar-refractivity contribution < 1.29 is 0 Å². The van der Waals surface area contributed by atoms with E-state index in [9.17, 15) is 4.79 Å². The number of anilines is 1. The van der Waals surface area contributed by atoms with Crippen molar-refractivity contribution in [1.29, 1.82) is 0 Å². The molecule has 102 valence electrons. The molecule has 0 amide bonds. The van der Waals surface area contributed by atoms with E-state index in [1.807, 2.05) is 20.1 Å². The Morgan fingerprint density at radius 1 is 1.42 bits per heavy atom. The van der Waals surface area contributed by atoms with Crippen molar-refractivity contribution in [2.75, 3.05) is 12.0 Å². The Morgan fingerprint density at radius 2 is 2.16 bits per heavy atom. The molecule has 19 heavy (non-hydrogen) atoms. The van der Waals surface area contributed by atoms with Gasteiger partial charge in [-0.2, -0.15) is 0 Å². The highest BCUT2D eigenvalue weighted by atomic mass is 32.2. The minimum absolute atomic E-state index is 0.0213. The van der Waals surface area contributed by atoms with Gasteiger partial charge >= 0.3 is 5.69 Å². The molecular weight excluding hydrogens is 284 g/mol. The predicted molar refractivity (Wildman–Crippen MR) is 75.6 cm³/mol. The summed E-state index contributed by atoms with van der Waals surface area (Å²) in [4.78, 5) is 20.0. The molecule has 2 aromatic rings. The summed E-state index contributed by atoms with van der Waals surface area (Å²) in [6.07, 6.45) is 1.88. The topological polar surface area (TPSA) is 102 Å². The van der Waals surface area contributed by atoms with Crippen LogP contribution < -0.4 is 11.4 Å². The van der Waals surface area contributed by atoms with E-state index in [0.29, 0.717) is 21.2 Å². The van der Waals surface area contributed by atoms with Gasteiger partial charge in [0, 0.05) is 12.1 Å². The summed E-state index contributed by atoms with van der Waals surface area (Å²) in [7, 11) is 0. The number of rotatable bonds is 4. The second-order valence-electron chi connectivity index (χ2n) is 3.99. The van der Waals surface area contributed by atoms with Crippen molar-refractivity contribution in [1.82, 2.24) is 24.7 Å². The van der Waals surface area contributed by atoms with E-state index in [-0.39, 0.29) is 11.7 Å². The zero-order chi connectivity index (χ0) is 14.0. The third-order valence-corrected chi connectivity index (χ3v) is 3.71. The normalized spacial score (nSPS) is 11.2. The molecule has 7 nitrogen and oxygen atoms in total. The Kier molecular flexibility index (Phi) is 4.15. The smallest absolute Gasteiger partial charge is 0.344 e. The SMILES string of the molecule is CSc1nc(N)cc(Sc2n[nH]c(=O)n2C(C)C)n1. The number of nitrogens with two attached hydrogens (primary N) is 1. The number of aromatic amines is 1. The summed E-state index contributed by atoms with van der Waals surface area (Å²) >= 11 is 2.69. The second-order valence-corrected chi connectivity index (χ2v) is 5.76. The molecule has 2 aromatic heterocycles. The van der Waals surface area contributed by atoms with E-state index in [4.69, 9.17) is 5.73 Å². The number of hydrogen-bond acceptors (Lipinski definition) is 7. The van der Waals surface area contributed by atoms with Crippen LogP contribution in [-0.4, -0.2) is 31.0 Å². The van der Waals surface area contributed by atoms with Crippen LogP contribution >= 0.6 is 23.5 Å². The fourth-order valence-electron chi connectivity index (χ4n) is 1.48. The van der Waals surface area contributed by atoms with Gasteiger partial charge in [0.15, 0.2) is 10.3 Å². The van der Waals surface area contributed by atoms with Crippen LogP contribution in [0, 0.1) is 0 Å². The lowest BCUT2D eigenvalue weighted by Crippen LogP contribution is -2.19. The van der Waals surface area contributed by atoms with Crippen molar-refractivity contribution in [2.45, 2.75) is 35.2 Å². The second kappa shape index (κ2) is 5.66. The van der Waals surface area contributed by atoms with Gasteiger partial charge in [-0.3, -0.25) is 4.57 Å². The highest BCUT2D eigenvalue weighted by Crippen LogP contribution is 2.27. The van der Waals surface area contributed by atoms with Crippen LogP contribution in [0.25, 0.3) is 0 Å². The average Bonchev–Trinajstić information content (AvgIpc) is 2.69. The molecule has 9 heteroatoms. The van der Waals surface area contributed by atoms with Crippen molar-refractivity contribution in [3.05, 3.63) is 16.6 Å². The zero-order valence-corrected chi connectivity index (χ0v) is 12.4. The number of H-pyrrole nitrogens is 1. The standard InChI is InChI=1S/C10H14N6OS2/c1-5(2)16-9(17)14-15-10(16)19-7-4-6(11)12-8(13-7)18-3/h4-5H,1-3H3,(H,14,17)(H2,11,12,13). The minimum atomic E-state index is -0.232. The van der Waals surface area contributed by atoms with Gasteiger partial charge in [0.25, 0.3) is 0 Å². The summed E-state index contributed by atoms with van der Waals surface area (Å²) in [5.74, 6) is 0.399. The number of hydrogen-bond donors (Lipinski definition) is 2. The molecule has 0 unspecified atom stereocenters. The van der Waals surface area contributed by atoms with Gasteiger partial charge in [0.1, 0.15) is 10.8 Å². The third kappa shape index (κ3) is 3.10. The van der Waals surface area contributed by atoms with Crippen LogP contribution in [0.4, 0.5) is 5.82 Å². The molecule has 0 aliphatic carbocycles. The van der Waals surface area contributed by atoms with Crippen LogP contribution in [-0.2, 0) is 0 Å². The van der Waals surface area contributed by atoms with Crippen molar-refractivity contribution in [2.24, 2.45) is 0 Å². The Bertz CT molecular complexity index is 635. The van der Waals surface area contributed by atoms with Crippen LogP contribution in [0.15, 0.2) is 26.2 Å². The van der Waals surface area contributed by atoms with E-state index < -0.39 is 0 Å². The fraction of sp³-hybridized carbons (Fsp3) is 0.400. The Balaban J connectivity index is 2.36. The van der Waals surface area contributed by atoms with E-state index in [1.165, 1.54) is 23.5 Å². The predicted octanol–water partition coefficient (Wildman–Crippen LogP) is 1.40. The first-order chi connectivity index (χ1) is 9.01. The highest BCUT2D eigenvalue weighted by Gasteiger charge is 2.14. The lowest BCUT2D eigenvalue weighted by Gasteiger charge is -2.08. The lowest BCUT2D eigenvalue weighted by molar-refractivity contribution is 0.533. The Hall–Kier alpha value is -1.48. The number of thioether (sulfide) groups is 1.